The number of amidine groups is 1. The van der Waals surface area contributed by atoms with Gasteiger partial charge in [0.2, 0.25) is 10.0 Å². The molecule has 0 aliphatic rings. The van der Waals surface area contributed by atoms with Gasteiger partial charge in [0.05, 0.1) is 18.0 Å². The van der Waals surface area contributed by atoms with Crippen LogP contribution in [0, 0.1) is 12.3 Å². The molecule has 0 saturated carbocycles. The Morgan fingerprint density at radius 3 is 2.60 bits per heavy atom. The van der Waals surface area contributed by atoms with Crippen molar-refractivity contribution >= 4 is 21.5 Å². The molecule has 134 valence electrons. The monoisotopic (exact) mass is 361 g/mol. The normalized spacial score (nSPS) is 11.2. The Morgan fingerprint density at radius 1 is 1.20 bits per heavy atom. The highest BCUT2D eigenvalue weighted by atomic mass is 32.2. The van der Waals surface area contributed by atoms with E-state index in [-0.39, 0.29) is 11.6 Å². The van der Waals surface area contributed by atoms with E-state index in [1.165, 1.54) is 0 Å². The molecule has 2 rings (SSSR count). The minimum absolute atomic E-state index is 0.0362. The number of nitrogens with two attached hydrogens (primary N) is 1. The summed E-state index contributed by atoms with van der Waals surface area (Å²) in [5.41, 5.74) is 8.20. The van der Waals surface area contributed by atoms with Crippen LogP contribution in [0.2, 0.25) is 0 Å². The summed E-state index contributed by atoms with van der Waals surface area (Å²) >= 11 is 0. The van der Waals surface area contributed by atoms with E-state index in [1.54, 1.807) is 25.1 Å². The zero-order valence-corrected chi connectivity index (χ0v) is 15.0. The lowest BCUT2D eigenvalue weighted by Crippen LogP contribution is -2.19. The van der Waals surface area contributed by atoms with Gasteiger partial charge in [0.1, 0.15) is 5.84 Å². The molecule has 0 spiro atoms. The maximum atomic E-state index is 12.2. The van der Waals surface area contributed by atoms with Crippen LogP contribution in [0.5, 0.6) is 0 Å². The summed E-state index contributed by atoms with van der Waals surface area (Å²) < 4.78 is 32.5. The number of nitrogen functional groups attached to an aromatic ring is 1. The lowest BCUT2D eigenvalue weighted by atomic mass is 10.1. The molecule has 4 N–H and O–H groups in total. The Morgan fingerprint density at radius 2 is 1.92 bits per heavy atom. The quantitative estimate of drug-likeness (QED) is 0.363. The SMILES string of the molecule is Cc1ccc(C(=N)N)cc1NS(=O)(=O)CCCOCc1ccccc1. The van der Waals surface area contributed by atoms with Crippen molar-refractivity contribution in [3.8, 4) is 0 Å². The van der Waals surface area contributed by atoms with Gasteiger partial charge in [-0.05, 0) is 30.5 Å². The van der Waals surface area contributed by atoms with E-state index in [2.05, 4.69) is 4.72 Å². The number of anilines is 1. The van der Waals surface area contributed by atoms with Crippen molar-refractivity contribution in [2.45, 2.75) is 20.0 Å². The molecule has 0 radical (unpaired) electrons. The van der Waals surface area contributed by atoms with Gasteiger partial charge in [-0.1, -0.05) is 42.5 Å². The van der Waals surface area contributed by atoms with Gasteiger partial charge in [-0.15, -0.1) is 0 Å². The Kier molecular flexibility index (Phi) is 6.55. The molecular weight excluding hydrogens is 338 g/mol. The molecule has 0 heterocycles. The standard InChI is InChI=1S/C18H23N3O3S/c1-14-8-9-16(18(19)20)12-17(14)21-25(22,23)11-5-10-24-13-15-6-3-2-4-7-15/h2-4,6-9,12,21H,5,10-11,13H2,1H3,(H3,19,20). The van der Waals surface area contributed by atoms with Crippen LogP contribution in [0.1, 0.15) is 23.1 Å². The van der Waals surface area contributed by atoms with Crippen LogP contribution in [-0.4, -0.2) is 26.6 Å². The van der Waals surface area contributed by atoms with Crippen molar-refractivity contribution in [1.29, 1.82) is 5.41 Å². The van der Waals surface area contributed by atoms with Crippen LogP contribution in [0.15, 0.2) is 48.5 Å². The molecule has 6 nitrogen and oxygen atoms in total. The van der Waals surface area contributed by atoms with Crippen LogP contribution in [0.3, 0.4) is 0 Å². The molecule has 0 amide bonds. The van der Waals surface area contributed by atoms with E-state index in [1.807, 2.05) is 30.3 Å². The van der Waals surface area contributed by atoms with Crippen molar-refractivity contribution < 1.29 is 13.2 Å². The van der Waals surface area contributed by atoms with E-state index in [4.69, 9.17) is 15.9 Å². The zero-order valence-electron chi connectivity index (χ0n) is 14.2. The number of ether oxygens (including phenoxy) is 1. The first-order chi connectivity index (χ1) is 11.9. The van der Waals surface area contributed by atoms with Crippen LogP contribution in [0.25, 0.3) is 0 Å². The number of rotatable bonds is 9. The van der Waals surface area contributed by atoms with Gasteiger partial charge in [0, 0.05) is 12.2 Å². The molecule has 0 aliphatic heterocycles. The topological polar surface area (TPSA) is 105 Å². The third-order valence-electron chi connectivity index (χ3n) is 3.63. The Balaban J connectivity index is 1.83. The van der Waals surface area contributed by atoms with E-state index in [9.17, 15) is 8.42 Å². The number of hydrogen-bond acceptors (Lipinski definition) is 4. The summed E-state index contributed by atoms with van der Waals surface area (Å²) in [7, 11) is -3.49. The largest absolute Gasteiger partial charge is 0.384 e. The fraction of sp³-hybridized carbons (Fsp3) is 0.278. The van der Waals surface area contributed by atoms with E-state index in [0.29, 0.717) is 30.9 Å². The first kappa shape index (κ1) is 19.0. The summed E-state index contributed by atoms with van der Waals surface area (Å²) in [5.74, 6) is -0.138. The summed E-state index contributed by atoms with van der Waals surface area (Å²) in [6.45, 7) is 2.63. The van der Waals surface area contributed by atoms with Crippen molar-refractivity contribution in [1.82, 2.24) is 0 Å². The summed E-state index contributed by atoms with van der Waals surface area (Å²) in [4.78, 5) is 0. The highest BCUT2D eigenvalue weighted by molar-refractivity contribution is 7.92. The first-order valence-corrected chi connectivity index (χ1v) is 9.60. The van der Waals surface area contributed by atoms with Crippen molar-refractivity contribution in [3.63, 3.8) is 0 Å². The van der Waals surface area contributed by atoms with Crippen molar-refractivity contribution in [2.75, 3.05) is 17.1 Å². The minimum Gasteiger partial charge on any atom is -0.384 e. The highest BCUT2D eigenvalue weighted by Crippen LogP contribution is 2.18. The second-order valence-corrected chi connectivity index (χ2v) is 7.60. The molecule has 0 unspecified atom stereocenters. The molecule has 0 bridgehead atoms. The van der Waals surface area contributed by atoms with Gasteiger partial charge >= 0.3 is 0 Å². The second-order valence-electron chi connectivity index (χ2n) is 5.76. The molecule has 0 saturated heterocycles. The fourth-order valence-corrected chi connectivity index (χ4v) is 3.39. The van der Waals surface area contributed by atoms with Crippen LogP contribution >= 0.6 is 0 Å². The van der Waals surface area contributed by atoms with Gasteiger partial charge in [-0.2, -0.15) is 0 Å². The van der Waals surface area contributed by atoms with E-state index < -0.39 is 10.0 Å². The molecule has 7 heteroatoms. The van der Waals surface area contributed by atoms with E-state index in [0.717, 1.165) is 11.1 Å². The molecular formula is C18H23N3O3S. The van der Waals surface area contributed by atoms with Gasteiger partial charge < -0.3 is 10.5 Å². The first-order valence-electron chi connectivity index (χ1n) is 7.94. The number of benzene rings is 2. The zero-order chi connectivity index (χ0) is 18.3. The van der Waals surface area contributed by atoms with Crippen LogP contribution < -0.4 is 10.5 Å². The summed E-state index contributed by atoms with van der Waals surface area (Å²) in [6.07, 6.45) is 0.396. The fourth-order valence-electron chi connectivity index (χ4n) is 2.23. The highest BCUT2D eigenvalue weighted by Gasteiger charge is 2.12. The molecule has 2 aromatic rings. The molecule has 0 aliphatic carbocycles. The number of sulfonamides is 1. The van der Waals surface area contributed by atoms with E-state index >= 15 is 0 Å². The third kappa shape index (κ3) is 6.21. The predicted octanol–water partition coefficient (Wildman–Crippen LogP) is 2.63. The van der Waals surface area contributed by atoms with Crippen molar-refractivity contribution in [3.05, 3.63) is 65.2 Å². The lowest BCUT2D eigenvalue weighted by molar-refractivity contribution is 0.122. The van der Waals surface area contributed by atoms with Crippen molar-refractivity contribution in [2.24, 2.45) is 5.73 Å². The maximum absolute atomic E-state index is 12.2. The molecule has 25 heavy (non-hydrogen) atoms. The Labute approximate surface area is 148 Å². The maximum Gasteiger partial charge on any atom is 0.232 e. The average molecular weight is 361 g/mol. The smallest absolute Gasteiger partial charge is 0.232 e. The molecule has 0 fully saturated rings. The summed E-state index contributed by atoms with van der Waals surface area (Å²) in [5, 5.41) is 7.45. The predicted molar refractivity (Wildman–Crippen MR) is 100 cm³/mol. The van der Waals surface area contributed by atoms with Crippen LogP contribution in [-0.2, 0) is 21.4 Å². The number of aryl methyl sites for hydroxylation is 1. The van der Waals surface area contributed by atoms with Gasteiger partial charge in [-0.25, -0.2) is 8.42 Å². The second kappa shape index (κ2) is 8.64. The van der Waals surface area contributed by atoms with Crippen LogP contribution in [0.4, 0.5) is 5.69 Å². The Bertz CT molecular complexity index is 821. The summed E-state index contributed by atoms with van der Waals surface area (Å²) in [6, 6.07) is 14.7. The van der Waals surface area contributed by atoms with Gasteiger partial charge in [0.15, 0.2) is 0 Å². The lowest BCUT2D eigenvalue weighted by Gasteiger charge is -2.12. The van der Waals surface area contributed by atoms with Gasteiger partial charge in [0.25, 0.3) is 0 Å². The number of nitrogens with one attached hydrogen (secondary N) is 2. The molecule has 2 aromatic carbocycles. The average Bonchev–Trinajstić information content (AvgIpc) is 2.57. The molecule has 0 aromatic heterocycles. The third-order valence-corrected chi connectivity index (χ3v) is 4.98. The molecule has 0 atom stereocenters. The minimum atomic E-state index is -3.49. The Hall–Kier alpha value is -2.38. The van der Waals surface area contributed by atoms with Gasteiger partial charge in [-0.3, -0.25) is 10.1 Å². The number of hydrogen-bond donors (Lipinski definition) is 3.